The number of nitrogens with one attached hydrogen (secondary N) is 2. The van der Waals surface area contributed by atoms with Crippen LogP contribution in [-0.4, -0.2) is 80.7 Å². The Bertz CT molecular complexity index is 1460. The molecule has 2 amide bonds. The van der Waals surface area contributed by atoms with E-state index >= 15 is 0 Å². The van der Waals surface area contributed by atoms with E-state index in [1.165, 1.54) is 29.4 Å². The van der Waals surface area contributed by atoms with Gasteiger partial charge in [-0.25, -0.2) is 13.2 Å². The number of ether oxygens (including phenoxy) is 3. The second kappa shape index (κ2) is 15.2. The summed E-state index contributed by atoms with van der Waals surface area (Å²) in [5, 5.41) is 26.2. The first-order chi connectivity index (χ1) is 21.4. The highest BCUT2D eigenvalue weighted by Gasteiger charge is 2.44. The third-order valence-corrected chi connectivity index (χ3v) is 9.82. The van der Waals surface area contributed by atoms with Gasteiger partial charge in [0.1, 0.15) is 6.10 Å². The maximum atomic E-state index is 14.1. The number of carbonyl (C=O) groups excluding carboxylic acids is 2. The molecule has 4 rings (SSSR count). The maximum absolute atomic E-state index is 14.1. The summed E-state index contributed by atoms with van der Waals surface area (Å²) in [4.78, 5) is 24.7. The molecular weight excluding hydrogens is 600 g/mol. The normalized spacial score (nSPS) is 21.0. The zero-order valence-electron chi connectivity index (χ0n) is 25.8. The Morgan fingerprint density at radius 1 is 1.18 bits per heavy atom. The van der Waals surface area contributed by atoms with Crippen molar-refractivity contribution in [3.8, 4) is 6.07 Å². The second-order valence-electron chi connectivity index (χ2n) is 12.3. The van der Waals surface area contributed by atoms with Crippen LogP contribution in [-0.2, 0) is 35.4 Å². The van der Waals surface area contributed by atoms with Crippen molar-refractivity contribution < 1.29 is 37.3 Å². The van der Waals surface area contributed by atoms with Gasteiger partial charge in [-0.2, -0.15) is 9.57 Å². The molecule has 45 heavy (non-hydrogen) atoms. The van der Waals surface area contributed by atoms with Gasteiger partial charge in [0.25, 0.3) is 0 Å². The van der Waals surface area contributed by atoms with Crippen molar-refractivity contribution in [2.45, 2.75) is 75.9 Å². The predicted molar refractivity (Wildman–Crippen MR) is 165 cm³/mol. The predicted octanol–water partition coefficient (Wildman–Crippen LogP) is 3.43. The summed E-state index contributed by atoms with van der Waals surface area (Å²) in [6.07, 6.45) is -1.44. The second-order valence-corrected chi connectivity index (χ2v) is 14.2. The van der Waals surface area contributed by atoms with Crippen molar-refractivity contribution in [1.29, 1.82) is 5.26 Å². The molecule has 2 saturated heterocycles. The fraction of sp³-hybridized carbons (Fsp3) is 0.531. The Kier molecular flexibility index (Phi) is 11.6. The highest BCUT2D eigenvalue weighted by atomic mass is 32.2. The van der Waals surface area contributed by atoms with E-state index in [9.17, 15) is 28.4 Å². The fourth-order valence-electron chi connectivity index (χ4n) is 5.64. The van der Waals surface area contributed by atoms with Crippen molar-refractivity contribution in [1.82, 2.24) is 9.62 Å². The number of carbonyl (C=O) groups is 2. The Labute approximate surface area is 264 Å². The average molecular weight is 643 g/mol. The lowest BCUT2D eigenvalue weighted by Gasteiger charge is -2.35. The number of amides is 2. The highest BCUT2D eigenvalue weighted by molar-refractivity contribution is 7.89. The van der Waals surface area contributed by atoms with E-state index in [1.807, 2.05) is 44.2 Å². The summed E-state index contributed by atoms with van der Waals surface area (Å²) < 4.78 is 46.2. The summed E-state index contributed by atoms with van der Waals surface area (Å²) in [7, 11) is -4.21. The SMILES string of the molecule is CC(=O)Nc1cccc(S(=O)(=O)N(C[C@@H](O)C(Cc2ccccc2)NC(=O)O[C@H]2CO[C@H]3OCC[C@H]32)CC(C)(C)CCC#N)c1. The van der Waals surface area contributed by atoms with Crippen LogP contribution in [0.2, 0.25) is 0 Å². The Hall–Kier alpha value is -3.54. The number of rotatable bonds is 14. The third kappa shape index (κ3) is 9.48. The number of aliphatic hydroxyl groups excluding tert-OH is 1. The van der Waals surface area contributed by atoms with Crippen LogP contribution < -0.4 is 10.6 Å². The van der Waals surface area contributed by atoms with Crippen LogP contribution in [0.25, 0.3) is 0 Å². The molecule has 0 saturated carbocycles. The summed E-state index contributed by atoms with van der Waals surface area (Å²) >= 11 is 0. The van der Waals surface area contributed by atoms with E-state index in [-0.39, 0.29) is 49.3 Å². The molecule has 0 bridgehead atoms. The van der Waals surface area contributed by atoms with Gasteiger partial charge in [0.15, 0.2) is 6.29 Å². The van der Waals surface area contributed by atoms with Crippen LogP contribution in [0, 0.1) is 22.7 Å². The van der Waals surface area contributed by atoms with Crippen LogP contribution >= 0.6 is 0 Å². The average Bonchev–Trinajstić information content (AvgIpc) is 3.61. The molecule has 2 fully saturated rings. The van der Waals surface area contributed by atoms with Crippen molar-refractivity contribution in [3.05, 3.63) is 60.2 Å². The summed E-state index contributed by atoms with van der Waals surface area (Å²) in [5.41, 5.74) is 0.508. The number of nitrogens with zero attached hydrogens (tertiary/aromatic N) is 2. The molecule has 0 aliphatic carbocycles. The van der Waals surface area contributed by atoms with Gasteiger partial charge >= 0.3 is 6.09 Å². The van der Waals surface area contributed by atoms with Gasteiger partial charge in [-0.1, -0.05) is 50.2 Å². The molecule has 2 aliphatic heterocycles. The minimum atomic E-state index is -4.21. The van der Waals surface area contributed by atoms with E-state index < -0.39 is 46.1 Å². The Morgan fingerprint density at radius 2 is 1.93 bits per heavy atom. The summed E-state index contributed by atoms with van der Waals surface area (Å²) in [6.45, 7) is 5.40. The number of sulfonamides is 1. The number of aliphatic hydroxyl groups is 1. The molecule has 1 unspecified atom stereocenters. The first-order valence-electron chi connectivity index (χ1n) is 15.0. The van der Waals surface area contributed by atoms with Crippen molar-refractivity contribution in [2.75, 3.05) is 31.6 Å². The van der Waals surface area contributed by atoms with Gasteiger partial charge in [-0.05, 0) is 48.4 Å². The van der Waals surface area contributed by atoms with E-state index in [0.717, 1.165) is 5.56 Å². The van der Waals surface area contributed by atoms with Crippen LogP contribution in [0.4, 0.5) is 10.5 Å². The minimum Gasteiger partial charge on any atom is -0.443 e. The molecule has 3 N–H and O–H groups in total. The molecule has 2 aromatic carbocycles. The largest absolute Gasteiger partial charge is 0.443 e. The lowest BCUT2D eigenvalue weighted by Crippen LogP contribution is -2.52. The van der Waals surface area contributed by atoms with Gasteiger partial charge in [0, 0.05) is 32.1 Å². The molecule has 5 atom stereocenters. The van der Waals surface area contributed by atoms with Crippen molar-refractivity contribution >= 4 is 27.7 Å². The van der Waals surface area contributed by atoms with E-state index in [4.69, 9.17) is 14.2 Å². The van der Waals surface area contributed by atoms with Gasteiger partial charge in [0.2, 0.25) is 15.9 Å². The molecular formula is C32H42N4O8S. The summed E-state index contributed by atoms with van der Waals surface area (Å²) in [5.74, 6) is -0.422. The van der Waals surface area contributed by atoms with Crippen molar-refractivity contribution in [3.63, 3.8) is 0 Å². The van der Waals surface area contributed by atoms with Gasteiger partial charge in [-0.15, -0.1) is 0 Å². The third-order valence-electron chi connectivity index (χ3n) is 8.01. The minimum absolute atomic E-state index is 0.0105. The van der Waals surface area contributed by atoms with E-state index in [0.29, 0.717) is 25.1 Å². The Morgan fingerprint density at radius 3 is 2.64 bits per heavy atom. The topological polar surface area (TPSA) is 167 Å². The van der Waals surface area contributed by atoms with Crippen LogP contribution in [0.5, 0.6) is 0 Å². The number of fused-ring (bicyclic) bond motifs is 1. The van der Waals surface area contributed by atoms with Crippen LogP contribution in [0.3, 0.4) is 0 Å². The maximum Gasteiger partial charge on any atom is 0.407 e. The number of hydrogen-bond acceptors (Lipinski definition) is 9. The lowest BCUT2D eigenvalue weighted by atomic mass is 9.88. The molecule has 0 aromatic heterocycles. The smallest absolute Gasteiger partial charge is 0.407 e. The fourth-order valence-corrected chi connectivity index (χ4v) is 7.34. The molecule has 0 spiro atoms. The zero-order chi connectivity index (χ0) is 32.6. The van der Waals surface area contributed by atoms with Crippen LogP contribution in [0.1, 0.15) is 45.6 Å². The summed E-state index contributed by atoms with van der Waals surface area (Å²) in [6, 6.07) is 16.3. The van der Waals surface area contributed by atoms with Crippen LogP contribution in [0.15, 0.2) is 59.5 Å². The molecule has 2 aliphatic rings. The standard InChI is InChI=1S/C32H42N4O8S/c1-22(37)34-24-11-7-12-25(18-24)45(40,41)36(21-32(2,3)14-8-15-33)19-28(38)27(17-23-9-5-4-6-10-23)35-31(39)44-29-20-43-30-26(29)13-16-42-30/h4-7,9-12,18,26-30,38H,8,13-14,16-17,19-21H2,1-3H3,(H,34,37)(H,35,39)/t26-,27?,28+,29-,30+/m0/s1. The Balaban J connectivity index is 1.59. The molecule has 244 valence electrons. The van der Waals surface area contributed by atoms with E-state index in [2.05, 4.69) is 16.7 Å². The van der Waals surface area contributed by atoms with Gasteiger partial charge in [-0.3, -0.25) is 4.79 Å². The van der Waals surface area contributed by atoms with Crippen molar-refractivity contribution in [2.24, 2.45) is 11.3 Å². The molecule has 2 aromatic rings. The quantitative estimate of drug-likeness (QED) is 0.280. The van der Waals surface area contributed by atoms with E-state index in [1.54, 1.807) is 6.07 Å². The van der Waals surface area contributed by atoms with Gasteiger partial charge < -0.3 is 30.0 Å². The molecule has 2 heterocycles. The highest BCUT2D eigenvalue weighted by Crippen LogP contribution is 2.33. The number of alkyl carbamates (subject to hydrolysis) is 1. The molecule has 12 nitrogen and oxygen atoms in total. The molecule has 13 heteroatoms. The first-order valence-corrected chi connectivity index (χ1v) is 16.5. The monoisotopic (exact) mass is 642 g/mol. The van der Waals surface area contributed by atoms with Gasteiger partial charge in [0.05, 0.1) is 42.2 Å². The lowest BCUT2D eigenvalue weighted by molar-refractivity contribution is -0.114. The first kappa shape index (κ1) is 34.3. The molecule has 0 radical (unpaired) electrons. The number of nitriles is 1. The zero-order valence-corrected chi connectivity index (χ0v) is 26.7. The number of hydrogen-bond donors (Lipinski definition) is 3. The number of anilines is 1. The number of benzene rings is 2.